The van der Waals surface area contributed by atoms with Crippen LogP contribution in [0, 0.1) is 6.08 Å². The first-order chi connectivity index (χ1) is 13.8. The molecule has 0 aliphatic heterocycles. The first-order valence-electron chi connectivity index (χ1n) is 10.1. The zero-order valence-corrected chi connectivity index (χ0v) is 21.3. The number of hydrogen-bond donors (Lipinski definition) is 0. The van der Waals surface area contributed by atoms with E-state index in [0.717, 1.165) is 12.8 Å². The van der Waals surface area contributed by atoms with E-state index in [1.165, 1.54) is 63.4 Å². The molecule has 0 heterocycles. The van der Waals surface area contributed by atoms with Crippen LogP contribution in [0.15, 0.2) is 102 Å². The zero-order chi connectivity index (χ0) is 19.6. The molecule has 0 fully saturated rings. The Kier molecular flexibility index (Phi) is 13.1. The Morgan fingerprint density at radius 1 is 0.900 bits per heavy atom. The molecule has 0 saturated heterocycles. The van der Waals surface area contributed by atoms with Crippen molar-refractivity contribution in [2.45, 2.75) is 39.0 Å². The Balaban J connectivity index is 0.000000281. The molecule has 0 saturated carbocycles. The summed E-state index contributed by atoms with van der Waals surface area (Å²) in [4.78, 5) is 0. The molecule has 0 unspecified atom stereocenters. The van der Waals surface area contributed by atoms with Crippen molar-refractivity contribution in [1.82, 2.24) is 0 Å². The van der Waals surface area contributed by atoms with Gasteiger partial charge < -0.3 is 24.8 Å². The standard InChI is InChI=1S/C14H17.C13H10.2ClH.Zr/c1-2-13-8-5-9-14(13)11-10-12-6-3-4-7-12;1-3-7-12(8-4-1)11-13-9-5-2-6-10-13;;;/h3-4,6,9H,2,5,7,10-11H2,1H3;1-10H;2*1H;/q-1;;;;+2/p-2. The molecule has 2 aromatic carbocycles. The summed E-state index contributed by atoms with van der Waals surface area (Å²) in [6.45, 7) is 2.22. The SMILES string of the molecule is CCC1=[C-]CC=C1CCC1=CC=CC1.[Cl-].[Cl-].[Zr+2]=[C](c1ccccc1)c1ccccc1. The zero-order valence-electron chi connectivity index (χ0n) is 17.4. The number of allylic oxidation sites excluding steroid dienone is 8. The number of halogens is 2. The van der Waals surface area contributed by atoms with Crippen LogP contribution in [0.25, 0.3) is 0 Å². The van der Waals surface area contributed by atoms with Gasteiger partial charge in [-0.25, -0.2) is 5.57 Å². The van der Waals surface area contributed by atoms with Crippen molar-refractivity contribution in [1.29, 1.82) is 0 Å². The van der Waals surface area contributed by atoms with Crippen LogP contribution < -0.4 is 24.8 Å². The number of rotatable bonds is 6. The molecular weight excluding hydrogens is 486 g/mol. The van der Waals surface area contributed by atoms with E-state index in [1.807, 2.05) is 0 Å². The normalized spacial score (nSPS) is 13.8. The van der Waals surface area contributed by atoms with E-state index in [-0.39, 0.29) is 24.8 Å². The van der Waals surface area contributed by atoms with Crippen molar-refractivity contribution in [3.05, 3.63) is 119 Å². The van der Waals surface area contributed by atoms with Gasteiger partial charge >= 0.3 is 99.2 Å². The Morgan fingerprint density at radius 3 is 2.00 bits per heavy atom. The molecule has 0 N–H and O–H groups in total. The van der Waals surface area contributed by atoms with Gasteiger partial charge in [-0.1, -0.05) is 43.6 Å². The monoisotopic (exact) mass is 511 g/mol. The second-order valence-corrected chi connectivity index (χ2v) is 8.24. The van der Waals surface area contributed by atoms with Gasteiger partial charge in [0.15, 0.2) is 0 Å². The molecule has 0 amide bonds. The van der Waals surface area contributed by atoms with Crippen molar-refractivity contribution in [3.63, 3.8) is 0 Å². The summed E-state index contributed by atoms with van der Waals surface area (Å²) in [5.74, 6) is 0. The van der Waals surface area contributed by atoms with Gasteiger partial charge in [-0.05, 0) is 12.8 Å². The third-order valence-electron chi connectivity index (χ3n) is 5.09. The van der Waals surface area contributed by atoms with Gasteiger partial charge in [0.05, 0.1) is 0 Å². The van der Waals surface area contributed by atoms with Gasteiger partial charge in [-0.2, -0.15) is 11.6 Å². The van der Waals surface area contributed by atoms with Crippen molar-refractivity contribution in [2.75, 3.05) is 0 Å². The van der Waals surface area contributed by atoms with E-state index < -0.39 is 0 Å². The fourth-order valence-corrected chi connectivity index (χ4v) is 4.31. The topological polar surface area (TPSA) is 0 Å². The second kappa shape index (κ2) is 14.7. The van der Waals surface area contributed by atoms with Crippen LogP contribution >= 0.6 is 0 Å². The van der Waals surface area contributed by atoms with Crippen molar-refractivity contribution >= 4 is 3.21 Å². The minimum absolute atomic E-state index is 0. The average molecular weight is 514 g/mol. The molecule has 154 valence electrons. The second-order valence-electron chi connectivity index (χ2n) is 7.01. The molecule has 0 bridgehead atoms. The Labute approximate surface area is 209 Å². The molecule has 0 radical (unpaired) electrons. The quantitative estimate of drug-likeness (QED) is 0.505. The molecule has 0 aromatic heterocycles. The van der Waals surface area contributed by atoms with Gasteiger partial charge in [0.25, 0.3) is 0 Å². The summed E-state index contributed by atoms with van der Waals surface area (Å²) >= 11 is 1.46. The fraction of sp³-hybridized carbons (Fsp3) is 0.222. The Bertz CT molecular complexity index is 865. The van der Waals surface area contributed by atoms with Gasteiger partial charge in [-0.3, -0.25) is 6.08 Å². The molecule has 2 aliphatic carbocycles. The van der Waals surface area contributed by atoms with Crippen molar-refractivity contribution in [2.24, 2.45) is 0 Å². The van der Waals surface area contributed by atoms with Crippen LogP contribution in [0.2, 0.25) is 0 Å². The van der Waals surface area contributed by atoms with E-state index in [1.54, 1.807) is 11.1 Å². The summed E-state index contributed by atoms with van der Waals surface area (Å²) in [6, 6.07) is 21.1. The number of hydrogen-bond acceptors (Lipinski definition) is 0. The maximum absolute atomic E-state index is 3.42. The van der Waals surface area contributed by atoms with E-state index in [9.17, 15) is 0 Å². The molecule has 2 aliphatic rings. The van der Waals surface area contributed by atoms with E-state index >= 15 is 0 Å². The molecule has 0 nitrogen and oxygen atoms in total. The molecular formula is C27H27Cl2Zr-. The van der Waals surface area contributed by atoms with E-state index in [4.69, 9.17) is 0 Å². The molecule has 4 rings (SSSR count). The number of benzene rings is 2. The molecule has 0 spiro atoms. The summed E-state index contributed by atoms with van der Waals surface area (Å²) in [5.41, 5.74) is 7.24. The van der Waals surface area contributed by atoms with Gasteiger partial charge in [-0.15, -0.1) is 6.42 Å². The Hall–Kier alpha value is -1.27. The minimum atomic E-state index is 0. The average Bonchev–Trinajstić information content (AvgIpc) is 3.45. The third-order valence-corrected chi connectivity index (χ3v) is 6.51. The maximum atomic E-state index is 3.42. The van der Waals surface area contributed by atoms with Gasteiger partial charge in [0.1, 0.15) is 0 Å². The van der Waals surface area contributed by atoms with Gasteiger partial charge in [0.2, 0.25) is 0 Å². The van der Waals surface area contributed by atoms with Crippen LogP contribution in [-0.4, -0.2) is 3.21 Å². The first-order valence-corrected chi connectivity index (χ1v) is 11.3. The van der Waals surface area contributed by atoms with Crippen LogP contribution in [0.3, 0.4) is 0 Å². The first kappa shape index (κ1) is 26.8. The van der Waals surface area contributed by atoms with Crippen LogP contribution in [0.4, 0.5) is 0 Å². The molecule has 2 aromatic rings. The predicted molar refractivity (Wildman–Crippen MR) is 117 cm³/mol. The van der Waals surface area contributed by atoms with Crippen LogP contribution in [0.1, 0.15) is 50.2 Å². The summed E-state index contributed by atoms with van der Waals surface area (Å²) < 4.78 is 1.42. The molecule has 30 heavy (non-hydrogen) atoms. The van der Waals surface area contributed by atoms with Crippen LogP contribution in [0.5, 0.6) is 0 Å². The summed E-state index contributed by atoms with van der Waals surface area (Å²) in [5, 5.41) is 0. The van der Waals surface area contributed by atoms with E-state index in [0.29, 0.717) is 0 Å². The Morgan fingerprint density at radius 2 is 1.50 bits per heavy atom. The fourth-order valence-electron chi connectivity index (χ4n) is 3.49. The van der Waals surface area contributed by atoms with Crippen molar-refractivity contribution in [3.8, 4) is 0 Å². The van der Waals surface area contributed by atoms with Crippen molar-refractivity contribution < 1.29 is 49.0 Å². The van der Waals surface area contributed by atoms with Crippen LogP contribution in [-0.2, 0) is 24.2 Å². The summed E-state index contributed by atoms with van der Waals surface area (Å²) in [6.07, 6.45) is 18.2. The predicted octanol–water partition coefficient (Wildman–Crippen LogP) is 0.933. The third kappa shape index (κ3) is 8.11. The molecule has 0 atom stereocenters. The van der Waals surface area contributed by atoms with Gasteiger partial charge in [0, 0.05) is 0 Å². The molecule has 3 heteroatoms. The summed E-state index contributed by atoms with van der Waals surface area (Å²) in [7, 11) is 0. The van der Waals surface area contributed by atoms with E-state index in [2.05, 4.69) is 98.0 Å².